The number of alkyl halides is 2. The van der Waals surface area contributed by atoms with E-state index < -0.39 is 9.52 Å². The number of hydrogen-bond donors (Lipinski definition) is 0. The predicted molar refractivity (Wildman–Crippen MR) is 58.9 cm³/mol. The SMILES string of the molecule is CC([SiH2]C(Cl)Cl)c1ccccc1. The van der Waals surface area contributed by atoms with Gasteiger partial charge in [-0.05, 0) is 11.1 Å². The highest BCUT2D eigenvalue weighted by atomic mass is 35.5. The van der Waals surface area contributed by atoms with Gasteiger partial charge >= 0.3 is 0 Å². The van der Waals surface area contributed by atoms with Crippen LogP contribution < -0.4 is 0 Å². The van der Waals surface area contributed by atoms with Crippen LogP contribution >= 0.6 is 23.2 Å². The minimum atomic E-state index is -0.397. The van der Waals surface area contributed by atoms with Crippen LogP contribution in [0.25, 0.3) is 0 Å². The van der Waals surface area contributed by atoms with Gasteiger partial charge in [0.2, 0.25) is 0 Å². The van der Waals surface area contributed by atoms with Crippen molar-refractivity contribution in [3.05, 3.63) is 35.9 Å². The molecule has 0 nitrogen and oxygen atoms in total. The molecule has 1 aromatic rings. The Bertz CT molecular complexity index is 223. The summed E-state index contributed by atoms with van der Waals surface area (Å²) in [6.07, 6.45) is 0. The Morgan fingerprint density at radius 3 is 2.25 bits per heavy atom. The van der Waals surface area contributed by atoms with Crippen molar-refractivity contribution in [3.63, 3.8) is 0 Å². The zero-order valence-electron chi connectivity index (χ0n) is 7.00. The molecule has 0 amide bonds. The largest absolute Gasteiger partial charge is 0.110 e. The Labute approximate surface area is 85.7 Å². The molecular weight excluding hydrogens is 207 g/mol. The summed E-state index contributed by atoms with van der Waals surface area (Å²) in [4.78, 5) is 0. The molecule has 0 heterocycles. The first kappa shape index (κ1) is 10.1. The molecule has 1 aromatic carbocycles. The van der Waals surface area contributed by atoms with E-state index in [4.69, 9.17) is 23.2 Å². The zero-order chi connectivity index (χ0) is 8.97. The Morgan fingerprint density at radius 1 is 1.17 bits per heavy atom. The Hall–Kier alpha value is 0.0169. The summed E-state index contributed by atoms with van der Waals surface area (Å²) < 4.78 is -0.125. The van der Waals surface area contributed by atoms with E-state index in [9.17, 15) is 0 Å². The van der Waals surface area contributed by atoms with E-state index in [0.29, 0.717) is 5.54 Å². The van der Waals surface area contributed by atoms with Gasteiger partial charge in [-0.3, -0.25) is 0 Å². The van der Waals surface area contributed by atoms with Crippen LogP contribution in [0.1, 0.15) is 18.0 Å². The fraction of sp³-hybridized carbons (Fsp3) is 0.333. The molecule has 12 heavy (non-hydrogen) atoms. The number of benzene rings is 1. The first-order valence-corrected chi connectivity index (χ1v) is 6.54. The maximum Gasteiger partial charge on any atom is 0.0914 e. The van der Waals surface area contributed by atoms with Crippen LogP contribution in [-0.4, -0.2) is 14.0 Å². The molecule has 3 heteroatoms. The smallest absolute Gasteiger partial charge is 0.0914 e. The van der Waals surface area contributed by atoms with Crippen LogP contribution in [0, 0.1) is 0 Å². The summed E-state index contributed by atoms with van der Waals surface area (Å²) in [5.74, 6) is 0. The molecule has 0 aliphatic rings. The van der Waals surface area contributed by atoms with Gasteiger partial charge in [0.1, 0.15) is 0 Å². The van der Waals surface area contributed by atoms with E-state index in [1.54, 1.807) is 0 Å². The molecule has 0 bridgehead atoms. The predicted octanol–water partition coefficient (Wildman–Crippen LogP) is 2.68. The maximum atomic E-state index is 5.75. The second-order valence-electron chi connectivity index (χ2n) is 2.94. The van der Waals surface area contributed by atoms with E-state index in [1.165, 1.54) is 5.56 Å². The quantitative estimate of drug-likeness (QED) is 0.541. The highest BCUT2D eigenvalue weighted by Gasteiger charge is 2.09. The van der Waals surface area contributed by atoms with Gasteiger partial charge in [-0.1, -0.05) is 37.3 Å². The molecule has 66 valence electrons. The van der Waals surface area contributed by atoms with E-state index >= 15 is 0 Å². The molecule has 0 aromatic heterocycles. The lowest BCUT2D eigenvalue weighted by Crippen LogP contribution is -2.11. The summed E-state index contributed by atoms with van der Waals surface area (Å²) in [5, 5.41) is 0. The topological polar surface area (TPSA) is 0 Å². The average molecular weight is 219 g/mol. The molecule has 1 unspecified atom stereocenters. The van der Waals surface area contributed by atoms with Crippen LogP contribution in [0.15, 0.2) is 30.3 Å². The molecule has 0 saturated carbocycles. The molecule has 0 N–H and O–H groups in total. The number of halogens is 2. The van der Waals surface area contributed by atoms with E-state index in [-0.39, 0.29) is 4.46 Å². The minimum absolute atomic E-state index is 0.125. The van der Waals surface area contributed by atoms with Gasteiger partial charge in [0.05, 0.1) is 14.0 Å². The monoisotopic (exact) mass is 218 g/mol. The minimum Gasteiger partial charge on any atom is -0.110 e. The van der Waals surface area contributed by atoms with Crippen molar-refractivity contribution in [1.82, 2.24) is 0 Å². The Balaban J connectivity index is 2.59. The van der Waals surface area contributed by atoms with Crippen molar-refractivity contribution in [2.24, 2.45) is 0 Å². The second-order valence-corrected chi connectivity index (χ2v) is 7.76. The van der Waals surface area contributed by atoms with Crippen molar-refractivity contribution in [1.29, 1.82) is 0 Å². The molecular formula is C9H12Cl2Si. The first-order chi connectivity index (χ1) is 5.70. The molecule has 0 spiro atoms. The van der Waals surface area contributed by atoms with Gasteiger partial charge in [0, 0.05) is 0 Å². The van der Waals surface area contributed by atoms with E-state index in [2.05, 4.69) is 31.2 Å². The lowest BCUT2D eigenvalue weighted by molar-refractivity contribution is 1.06. The molecule has 1 atom stereocenters. The molecule has 0 saturated heterocycles. The summed E-state index contributed by atoms with van der Waals surface area (Å²) in [7, 11) is -0.397. The lowest BCUT2D eigenvalue weighted by Gasteiger charge is -2.10. The van der Waals surface area contributed by atoms with Crippen LogP contribution in [-0.2, 0) is 0 Å². The Kier molecular flexibility index (Phi) is 4.13. The standard InChI is InChI=1S/C9H12Cl2Si/c1-7(12-9(10)11)8-5-3-2-4-6-8/h2-7,9H,12H2,1H3. The van der Waals surface area contributed by atoms with Crippen molar-refractivity contribution >= 4 is 32.7 Å². The van der Waals surface area contributed by atoms with Crippen molar-refractivity contribution in [2.75, 3.05) is 0 Å². The molecule has 0 aliphatic heterocycles. The third-order valence-electron chi connectivity index (χ3n) is 1.90. The fourth-order valence-electron chi connectivity index (χ4n) is 1.18. The highest BCUT2D eigenvalue weighted by Crippen LogP contribution is 2.16. The normalized spacial score (nSPS) is 14.3. The van der Waals surface area contributed by atoms with Gasteiger partial charge in [-0.2, -0.15) is 0 Å². The molecule has 0 fully saturated rings. The van der Waals surface area contributed by atoms with Gasteiger partial charge in [-0.15, -0.1) is 23.2 Å². The van der Waals surface area contributed by atoms with Gasteiger partial charge < -0.3 is 0 Å². The fourth-order valence-corrected chi connectivity index (χ4v) is 3.87. The zero-order valence-corrected chi connectivity index (χ0v) is 9.93. The van der Waals surface area contributed by atoms with Crippen LogP contribution in [0.4, 0.5) is 0 Å². The summed E-state index contributed by atoms with van der Waals surface area (Å²) in [5.41, 5.74) is 1.93. The molecule has 0 aliphatic carbocycles. The summed E-state index contributed by atoms with van der Waals surface area (Å²) in [6, 6.07) is 10.4. The average Bonchev–Trinajstić information content (AvgIpc) is 2.05. The first-order valence-electron chi connectivity index (χ1n) is 4.03. The second kappa shape index (κ2) is 4.90. The third kappa shape index (κ3) is 3.17. The van der Waals surface area contributed by atoms with Crippen molar-refractivity contribution < 1.29 is 0 Å². The maximum absolute atomic E-state index is 5.75. The van der Waals surface area contributed by atoms with Crippen molar-refractivity contribution in [3.8, 4) is 0 Å². The van der Waals surface area contributed by atoms with E-state index in [0.717, 1.165) is 0 Å². The van der Waals surface area contributed by atoms with Gasteiger partial charge in [-0.25, -0.2) is 0 Å². The van der Waals surface area contributed by atoms with Gasteiger partial charge in [0.25, 0.3) is 0 Å². The van der Waals surface area contributed by atoms with Crippen LogP contribution in [0.3, 0.4) is 0 Å². The number of hydrogen-bond acceptors (Lipinski definition) is 0. The van der Waals surface area contributed by atoms with Gasteiger partial charge in [0.15, 0.2) is 0 Å². The third-order valence-corrected chi connectivity index (χ3v) is 4.50. The molecule has 1 rings (SSSR count). The number of rotatable bonds is 3. The van der Waals surface area contributed by atoms with E-state index in [1.807, 2.05) is 6.07 Å². The van der Waals surface area contributed by atoms with Crippen LogP contribution in [0.2, 0.25) is 0 Å². The lowest BCUT2D eigenvalue weighted by atomic mass is 10.2. The summed E-state index contributed by atoms with van der Waals surface area (Å²) >= 11 is 11.5. The van der Waals surface area contributed by atoms with Crippen molar-refractivity contribution in [2.45, 2.75) is 16.9 Å². The summed E-state index contributed by atoms with van der Waals surface area (Å²) in [6.45, 7) is 2.19. The molecule has 0 radical (unpaired) electrons. The highest BCUT2D eigenvalue weighted by molar-refractivity contribution is 6.69. The Morgan fingerprint density at radius 2 is 1.75 bits per heavy atom. The van der Waals surface area contributed by atoms with Crippen LogP contribution in [0.5, 0.6) is 0 Å².